The van der Waals surface area contributed by atoms with Crippen molar-refractivity contribution in [3.05, 3.63) is 0 Å². The molecule has 1 N–H and O–H groups in total. The first-order chi connectivity index (χ1) is 7.84. The van der Waals surface area contributed by atoms with E-state index in [1.54, 1.807) is 0 Å². The molecule has 2 aliphatic heterocycles. The summed E-state index contributed by atoms with van der Waals surface area (Å²) in [6.07, 6.45) is 6.89. The number of likely N-dealkylation sites (tertiary alicyclic amines) is 2. The lowest BCUT2D eigenvalue weighted by Gasteiger charge is -2.30. The van der Waals surface area contributed by atoms with Crippen LogP contribution in [0, 0.1) is 0 Å². The minimum Gasteiger partial charge on any atom is -0.313 e. The summed E-state index contributed by atoms with van der Waals surface area (Å²) in [6.45, 7) is 7.71. The summed E-state index contributed by atoms with van der Waals surface area (Å²) in [6, 6.07) is 0.748. The zero-order valence-corrected chi connectivity index (χ0v) is 10.7. The van der Waals surface area contributed by atoms with E-state index in [1.807, 2.05) is 0 Å². The predicted octanol–water partition coefficient (Wildman–Crippen LogP) is 1.16. The van der Waals surface area contributed by atoms with Gasteiger partial charge in [-0.2, -0.15) is 0 Å². The molecule has 0 spiro atoms. The van der Waals surface area contributed by atoms with Crippen LogP contribution >= 0.6 is 0 Å². The second kappa shape index (κ2) is 6.58. The Bertz CT molecular complexity index is 190. The number of hydrogen-bond donors (Lipinski definition) is 1. The molecule has 0 radical (unpaired) electrons. The third kappa shape index (κ3) is 4.04. The maximum Gasteiger partial charge on any atom is 0.0195 e. The van der Waals surface area contributed by atoms with Crippen LogP contribution in [0.25, 0.3) is 0 Å². The molecule has 3 heteroatoms. The Morgan fingerprint density at radius 2 is 1.94 bits per heavy atom. The summed E-state index contributed by atoms with van der Waals surface area (Å²) in [5.41, 5.74) is 0. The topological polar surface area (TPSA) is 18.5 Å². The standard InChI is InChI=1S/C13H27N3/c1-15-8-4-6-13(12-15)14-7-5-11-16-9-2-3-10-16/h13-14H,2-12H2,1H3. The number of nitrogens with one attached hydrogen (secondary N) is 1. The number of rotatable bonds is 5. The molecular weight excluding hydrogens is 198 g/mol. The normalized spacial score (nSPS) is 28.7. The minimum absolute atomic E-state index is 0.748. The Hall–Kier alpha value is -0.120. The zero-order valence-electron chi connectivity index (χ0n) is 10.7. The molecule has 0 bridgehead atoms. The highest BCUT2D eigenvalue weighted by Crippen LogP contribution is 2.09. The number of nitrogens with zero attached hydrogens (tertiary/aromatic N) is 2. The van der Waals surface area contributed by atoms with Gasteiger partial charge in [-0.1, -0.05) is 0 Å². The molecule has 16 heavy (non-hydrogen) atoms. The first-order valence-corrected chi connectivity index (χ1v) is 6.99. The lowest BCUT2D eigenvalue weighted by atomic mass is 10.1. The molecule has 2 rings (SSSR count). The minimum atomic E-state index is 0.748. The lowest BCUT2D eigenvalue weighted by Crippen LogP contribution is -2.44. The van der Waals surface area contributed by atoms with Crippen LogP contribution in [-0.4, -0.2) is 62.2 Å². The van der Waals surface area contributed by atoms with Crippen molar-refractivity contribution < 1.29 is 0 Å². The van der Waals surface area contributed by atoms with E-state index < -0.39 is 0 Å². The molecule has 2 heterocycles. The van der Waals surface area contributed by atoms with Gasteiger partial charge < -0.3 is 15.1 Å². The molecule has 0 aromatic heterocycles. The van der Waals surface area contributed by atoms with Gasteiger partial charge in [-0.25, -0.2) is 0 Å². The quantitative estimate of drug-likeness (QED) is 0.708. The fraction of sp³-hybridized carbons (Fsp3) is 1.00. The Labute approximate surface area is 100 Å². The SMILES string of the molecule is CN1CCCC(NCCCN2CCCC2)C1. The van der Waals surface area contributed by atoms with Crippen LogP contribution in [0.3, 0.4) is 0 Å². The van der Waals surface area contributed by atoms with E-state index in [9.17, 15) is 0 Å². The van der Waals surface area contributed by atoms with Gasteiger partial charge in [-0.15, -0.1) is 0 Å². The van der Waals surface area contributed by atoms with E-state index in [2.05, 4.69) is 22.2 Å². The highest BCUT2D eigenvalue weighted by atomic mass is 15.1. The zero-order chi connectivity index (χ0) is 11.2. The van der Waals surface area contributed by atoms with Gasteiger partial charge in [0.15, 0.2) is 0 Å². The Kier molecular flexibility index (Phi) is 5.07. The maximum absolute atomic E-state index is 3.71. The summed E-state index contributed by atoms with van der Waals surface area (Å²) in [4.78, 5) is 5.05. The molecule has 1 atom stereocenters. The van der Waals surface area contributed by atoms with Crippen LogP contribution < -0.4 is 5.32 Å². The largest absolute Gasteiger partial charge is 0.313 e. The summed E-state index contributed by atoms with van der Waals surface area (Å²) in [5.74, 6) is 0. The first-order valence-electron chi connectivity index (χ1n) is 6.99. The van der Waals surface area contributed by atoms with Gasteiger partial charge in [0.1, 0.15) is 0 Å². The second-order valence-corrected chi connectivity index (χ2v) is 5.46. The monoisotopic (exact) mass is 225 g/mol. The van der Waals surface area contributed by atoms with Crippen LogP contribution in [-0.2, 0) is 0 Å². The molecule has 2 aliphatic rings. The van der Waals surface area contributed by atoms with Crippen LogP contribution in [0.5, 0.6) is 0 Å². The molecule has 0 aliphatic carbocycles. The Morgan fingerprint density at radius 3 is 2.69 bits per heavy atom. The van der Waals surface area contributed by atoms with Crippen molar-refractivity contribution in [3.63, 3.8) is 0 Å². The van der Waals surface area contributed by atoms with E-state index in [1.165, 1.54) is 71.4 Å². The lowest BCUT2D eigenvalue weighted by molar-refractivity contribution is 0.225. The summed E-state index contributed by atoms with van der Waals surface area (Å²) >= 11 is 0. The van der Waals surface area contributed by atoms with Crippen molar-refractivity contribution in [1.82, 2.24) is 15.1 Å². The molecule has 0 aromatic rings. The van der Waals surface area contributed by atoms with Crippen LogP contribution in [0.15, 0.2) is 0 Å². The molecule has 1 unspecified atom stereocenters. The van der Waals surface area contributed by atoms with Gasteiger partial charge in [0, 0.05) is 12.6 Å². The van der Waals surface area contributed by atoms with Gasteiger partial charge in [0.25, 0.3) is 0 Å². The molecule has 94 valence electrons. The van der Waals surface area contributed by atoms with Crippen molar-refractivity contribution in [3.8, 4) is 0 Å². The van der Waals surface area contributed by atoms with E-state index >= 15 is 0 Å². The Balaban J connectivity index is 1.50. The highest BCUT2D eigenvalue weighted by Gasteiger charge is 2.16. The van der Waals surface area contributed by atoms with Crippen molar-refractivity contribution in [1.29, 1.82) is 0 Å². The van der Waals surface area contributed by atoms with Crippen molar-refractivity contribution in [2.75, 3.05) is 46.3 Å². The van der Waals surface area contributed by atoms with Gasteiger partial charge in [-0.3, -0.25) is 0 Å². The number of likely N-dealkylation sites (N-methyl/N-ethyl adjacent to an activating group) is 1. The Morgan fingerprint density at radius 1 is 1.12 bits per heavy atom. The average Bonchev–Trinajstić information content (AvgIpc) is 2.77. The fourth-order valence-electron chi connectivity index (χ4n) is 2.95. The smallest absolute Gasteiger partial charge is 0.0195 e. The fourth-order valence-corrected chi connectivity index (χ4v) is 2.95. The maximum atomic E-state index is 3.71. The van der Waals surface area contributed by atoms with Crippen molar-refractivity contribution in [2.45, 2.75) is 38.1 Å². The molecule has 0 aromatic carbocycles. The van der Waals surface area contributed by atoms with Gasteiger partial charge in [-0.05, 0) is 71.9 Å². The van der Waals surface area contributed by atoms with E-state index in [0.29, 0.717) is 0 Å². The first kappa shape index (κ1) is 12.3. The van der Waals surface area contributed by atoms with E-state index in [0.717, 1.165) is 6.04 Å². The summed E-state index contributed by atoms with van der Waals surface area (Å²) < 4.78 is 0. The van der Waals surface area contributed by atoms with Crippen LogP contribution in [0.1, 0.15) is 32.1 Å². The molecule has 2 fully saturated rings. The van der Waals surface area contributed by atoms with Gasteiger partial charge >= 0.3 is 0 Å². The van der Waals surface area contributed by atoms with E-state index in [4.69, 9.17) is 0 Å². The average molecular weight is 225 g/mol. The highest BCUT2D eigenvalue weighted by molar-refractivity contribution is 4.76. The molecule has 3 nitrogen and oxygen atoms in total. The second-order valence-electron chi connectivity index (χ2n) is 5.46. The molecule has 2 saturated heterocycles. The van der Waals surface area contributed by atoms with E-state index in [-0.39, 0.29) is 0 Å². The van der Waals surface area contributed by atoms with Crippen LogP contribution in [0.2, 0.25) is 0 Å². The molecule has 0 amide bonds. The van der Waals surface area contributed by atoms with Crippen LogP contribution in [0.4, 0.5) is 0 Å². The van der Waals surface area contributed by atoms with Gasteiger partial charge in [0.05, 0.1) is 0 Å². The predicted molar refractivity (Wildman–Crippen MR) is 68.8 cm³/mol. The number of hydrogen-bond acceptors (Lipinski definition) is 3. The summed E-state index contributed by atoms with van der Waals surface area (Å²) in [5, 5.41) is 3.71. The van der Waals surface area contributed by atoms with Crippen molar-refractivity contribution >= 4 is 0 Å². The number of piperidine rings is 1. The third-order valence-electron chi connectivity index (χ3n) is 3.91. The third-order valence-corrected chi connectivity index (χ3v) is 3.91. The summed E-state index contributed by atoms with van der Waals surface area (Å²) in [7, 11) is 2.23. The molecular formula is C13H27N3. The van der Waals surface area contributed by atoms with Crippen molar-refractivity contribution in [2.24, 2.45) is 0 Å². The van der Waals surface area contributed by atoms with Gasteiger partial charge in [0.2, 0.25) is 0 Å². The molecule has 0 saturated carbocycles.